The van der Waals surface area contributed by atoms with Gasteiger partial charge in [-0.05, 0) is 24.3 Å². The number of carbonyl (C=O) groups is 1. The standard InChI is InChI=1S/C17H13F3N4O3/c18-17(19,20)11-3-1-5-21-15(11)27-10-8-24(9-10)16(25)13-7-12(22-23-13)14-4-2-6-26-14/h1-7,10H,8-9H2,(H,22,23). The summed E-state index contributed by atoms with van der Waals surface area (Å²) in [4.78, 5) is 17.5. The van der Waals surface area contributed by atoms with Gasteiger partial charge in [0.15, 0.2) is 11.5 Å². The number of aromatic nitrogens is 3. The van der Waals surface area contributed by atoms with Gasteiger partial charge >= 0.3 is 6.18 Å². The number of nitrogens with one attached hydrogen (secondary N) is 1. The van der Waals surface area contributed by atoms with Crippen LogP contribution in [-0.2, 0) is 6.18 Å². The molecule has 0 bridgehead atoms. The van der Waals surface area contributed by atoms with Gasteiger partial charge in [0, 0.05) is 12.3 Å². The van der Waals surface area contributed by atoms with Crippen molar-refractivity contribution >= 4 is 5.91 Å². The molecule has 3 aromatic rings. The van der Waals surface area contributed by atoms with Crippen molar-refractivity contribution in [1.29, 1.82) is 0 Å². The number of pyridine rings is 1. The summed E-state index contributed by atoms with van der Waals surface area (Å²) in [7, 11) is 0. The average Bonchev–Trinajstić information content (AvgIpc) is 3.27. The van der Waals surface area contributed by atoms with Gasteiger partial charge in [-0.1, -0.05) is 0 Å². The molecule has 7 nitrogen and oxygen atoms in total. The summed E-state index contributed by atoms with van der Waals surface area (Å²) in [6.45, 7) is 0.297. The molecule has 0 atom stereocenters. The zero-order chi connectivity index (χ0) is 19.0. The molecule has 140 valence electrons. The lowest BCUT2D eigenvalue weighted by atomic mass is 10.1. The Balaban J connectivity index is 1.38. The number of hydrogen-bond acceptors (Lipinski definition) is 5. The molecule has 0 unspecified atom stereocenters. The van der Waals surface area contributed by atoms with E-state index in [1.807, 2.05) is 0 Å². The highest BCUT2D eigenvalue weighted by atomic mass is 19.4. The Morgan fingerprint density at radius 2 is 2.11 bits per heavy atom. The van der Waals surface area contributed by atoms with Gasteiger partial charge in [0.05, 0.1) is 19.4 Å². The number of H-pyrrole nitrogens is 1. The fourth-order valence-electron chi connectivity index (χ4n) is 2.69. The molecule has 10 heteroatoms. The van der Waals surface area contributed by atoms with Crippen LogP contribution in [0.1, 0.15) is 16.1 Å². The van der Waals surface area contributed by atoms with Gasteiger partial charge < -0.3 is 14.1 Å². The highest BCUT2D eigenvalue weighted by molar-refractivity contribution is 5.93. The largest absolute Gasteiger partial charge is 0.470 e. The minimum absolute atomic E-state index is 0.148. The molecule has 0 radical (unpaired) electrons. The summed E-state index contributed by atoms with van der Waals surface area (Å²) < 4.78 is 49.4. The lowest BCUT2D eigenvalue weighted by molar-refractivity contribution is -0.140. The molecule has 1 fully saturated rings. The van der Waals surface area contributed by atoms with Crippen molar-refractivity contribution in [2.75, 3.05) is 13.1 Å². The number of alkyl halides is 3. The smallest absolute Gasteiger partial charge is 0.421 e. The van der Waals surface area contributed by atoms with Crippen LogP contribution in [0.15, 0.2) is 47.2 Å². The molecule has 1 aliphatic heterocycles. The average molecular weight is 378 g/mol. The zero-order valence-electron chi connectivity index (χ0n) is 13.7. The van der Waals surface area contributed by atoms with Gasteiger partial charge in [0.25, 0.3) is 5.91 Å². The number of furan rings is 1. The van der Waals surface area contributed by atoms with Crippen molar-refractivity contribution in [3.05, 3.63) is 54.0 Å². The monoisotopic (exact) mass is 378 g/mol. The van der Waals surface area contributed by atoms with E-state index in [2.05, 4.69) is 15.2 Å². The van der Waals surface area contributed by atoms with Gasteiger partial charge in [-0.25, -0.2) is 4.98 Å². The van der Waals surface area contributed by atoms with E-state index < -0.39 is 23.7 Å². The third-order valence-electron chi connectivity index (χ3n) is 4.07. The molecule has 1 saturated heterocycles. The van der Waals surface area contributed by atoms with E-state index in [0.29, 0.717) is 11.5 Å². The topological polar surface area (TPSA) is 84.2 Å². The van der Waals surface area contributed by atoms with E-state index in [1.165, 1.54) is 23.4 Å². The summed E-state index contributed by atoms with van der Waals surface area (Å²) in [5.41, 5.74) is -0.196. The van der Waals surface area contributed by atoms with Crippen LogP contribution in [-0.4, -0.2) is 45.2 Å². The lowest BCUT2D eigenvalue weighted by Gasteiger charge is -2.38. The molecule has 0 aliphatic carbocycles. The Kier molecular flexibility index (Phi) is 4.09. The Hall–Kier alpha value is -3.30. The zero-order valence-corrected chi connectivity index (χ0v) is 13.7. The number of hydrogen-bond donors (Lipinski definition) is 1. The Morgan fingerprint density at radius 3 is 2.81 bits per heavy atom. The molecule has 4 heterocycles. The third kappa shape index (κ3) is 3.37. The Labute approximate surface area is 150 Å². The third-order valence-corrected chi connectivity index (χ3v) is 4.07. The molecule has 0 spiro atoms. The maximum Gasteiger partial charge on any atom is 0.421 e. The summed E-state index contributed by atoms with van der Waals surface area (Å²) in [5, 5.41) is 6.66. The number of nitrogens with zero attached hydrogens (tertiary/aromatic N) is 3. The second-order valence-electron chi connectivity index (χ2n) is 5.95. The minimum atomic E-state index is -4.56. The first kappa shape index (κ1) is 17.1. The first-order chi connectivity index (χ1) is 12.9. The van der Waals surface area contributed by atoms with Crippen molar-refractivity contribution < 1.29 is 27.1 Å². The van der Waals surface area contributed by atoms with Crippen molar-refractivity contribution in [1.82, 2.24) is 20.1 Å². The molecule has 1 amide bonds. The van der Waals surface area contributed by atoms with E-state index in [4.69, 9.17) is 9.15 Å². The van der Waals surface area contributed by atoms with Crippen molar-refractivity contribution in [2.24, 2.45) is 0 Å². The van der Waals surface area contributed by atoms with Gasteiger partial charge in [-0.3, -0.25) is 9.89 Å². The number of ether oxygens (including phenoxy) is 1. The summed E-state index contributed by atoms with van der Waals surface area (Å²) in [5.74, 6) is -0.288. The van der Waals surface area contributed by atoms with Gasteiger partial charge in [-0.15, -0.1) is 0 Å². The van der Waals surface area contributed by atoms with E-state index in [1.54, 1.807) is 18.2 Å². The van der Waals surface area contributed by atoms with Crippen LogP contribution in [0.3, 0.4) is 0 Å². The second kappa shape index (κ2) is 6.45. The SMILES string of the molecule is O=C(c1cc(-c2ccco2)[nH]n1)N1CC(Oc2ncccc2C(F)(F)F)C1. The first-order valence-corrected chi connectivity index (χ1v) is 7.99. The van der Waals surface area contributed by atoms with E-state index in [9.17, 15) is 18.0 Å². The molecular formula is C17H13F3N4O3. The highest BCUT2D eigenvalue weighted by Crippen LogP contribution is 2.35. The number of rotatable bonds is 4. The maximum absolute atomic E-state index is 13.0. The van der Waals surface area contributed by atoms with Crippen LogP contribution in [0.2, 0.25) is 0 Å². The van der Waals surface area contributed by atoms with Crippen molar-refractivity contribution in [2.45, 2.75) is 12.3 Å². The van der Waals surface area contributed by atoms with Gasteiger partial charge in [0.2, 0.25) is 5.88 Å². The van der Waals surface area contributed by atoms with Gasteiger partial charge in [-0.2, -0.15) is 18.3 Å². The van der Waals surface area contributed by atoms with Crippen LogP contribution in [0.4, 0.5) is 13.2 Å². The number of amides is 1. The molecule has 4 rings (SSSR count). The summed E-state index contributed by atoms with van der Waals surface area (Å²) >= 11 is 0. The number of likely N-dealkylation sites (tertiary alicyclic amines) is 1. The lowest BCUT2D eigenvalue weighted by Crippen LogP contribution is -2.56. The molecule has 0 saturated carbocycles. The maximum atomic E-state index is 13.0. The van der Waals surface area contributed by atoms with Crippen LogP contribution < -0.4 is 4.74 Å². The van der Waals surface area contributed by atoms with E-state index in [0.717, 1.165) is 6.07 Å². The Bertz CT molecular complexity index is 946. The molecule has 27 heavy (non-hydrogen) atoms. The number of halogens is 3. The van der Waals surface area contributed by atoms with Crippen LogP contribution in [0.5, 0.6) is 5.88 Å². The summed E-state index contributed by atoms with van der Waals surface area (Å²) in [6, 6.07) is 7.09. The van der Waals surface area contributed by atoms with Crippen LogP contribution >= 0.6 is 0 Å². The quantitative estimate of drug-likeness (QED) is 0.755. The first-order valence-electron chi connectivity index (χ1n) is 7.99. The van der Waals surface area contributed by atoms with E-state index in [-0.39, 0.29) is 24.7 Å². The number of carbonyl (C=O) groups excluding carboxylic acids is 1. The molecule has 3 aromatic heterocycles. The fourth-order valence-corrected chi connectivity index (χ4v) is 2.69. The van der Waals surface area contributed by atoms with E-state index >= 15 is 0 Å². The van der Waals surface area contributed by atoms with Crippen LogP contribution in [0.25, 0.3) is 11.5 Å². The van der Waals surface area contributed by atoms with Crippen molar-refractivity contribution in [3.8, 4) is 17.3 Å². The molecule has 0 aromatic carbocycles. The minimum Gasteiger partial charge on any atom is -0.470 e. The summed E-state index contributed by atoms with van der Waals surface area (Å²) in [6.07, 6.45) is -2.39. The Morgan fingerprint density at radius 1 is 1.30 bits per heavy atom. The molecule has 1 aliphatic rings. The second-order valence-corrected chi connectivity index (χ2v) is 5.95. The van der Waals surface area contributed by atoms with Gasteiger partial charge in [0.1, 0.15) is 17.4 Å². The predicted octanol–water partition coefficient (Wildman–Crippen LogP) is 2.99. The molecular weight excluding hydrogens is 365 g/mol. The van der Waals surface area contributed by atoms with Crippen molar-refractivity contribution in [3.63, 3.8) is 0 Å². The predicted molar refractivity (Wildman–Crippen MR) is 85.8 cm³/mol. The fraction of sp³-hybridized carbons (Fsp3) is 0.235. The number of aromatic amines is 1. The highest BCUT2D eigenvalue weighted by Gasteiger charge is 2.39. The normalized spacial score (nSPS) is 14.9. The molecule has 1 N–H and O–H groups in total. The van der Waals surface area contributed by atoms with Crippen LogP contribution in [0, 0.1) is 0 Å².